The highest BCUT2D eigenvalue weighted by Crippen LogP contribution is 2.20. The minimum atomic E-state index is -0.181. The van der Waals surface area contributed by atoms with Crippen molar-refractivity contribution in [1.82, 2.24) is 9.80 Å². The second kappa shape index (κ2) is 8.08. The highest BCUT2D eigenvalue weighted by Gasteiger charge is 2.23. The van der Waals surface area contributed by atoms with Crippen molar-refractivity contribution in [3.8, 4) is 0 Å². The summed E-state index contributed by atoms with van der Waals surface area (Å²) in [4.78, 5) is 4.61. The van der Waals surface area contributed by atoms with E-state index in [9.17, 15) is 4.39 Å². The van der Waals surface area contributed by atoms with Gasteiger partial charge in [-0.15, -0.1) is 0 Å². The van der Waals surface area contributed by atoms with Crippen molar-refractivity contribution < 1.29 is 9.13 Å². The van der Waals surface area contributed by atoms with Crippen LogP contribution in [0.2, 0.25) is 5.02 Å². The third-order valence-electron chi connectivity index (χ3n) is 4.00. The number of hydrogen-bond donors (Lipinski definition) is 0. The Kier molecular flexibility index (Phi) is 6.42. The Morgan fingerprint density at radius 2 is 2.29 bits per heavy atom. The highest BCUT2D eigenvalue weighted by molar-refractivity contribution is 6.30. The lowest BCUT2D eigenvalue weighted by Gasteiger charge is -2.22. The van der Waals surface area contributed by atoms with Crippen LogP contribution in [-0.2, 0) is 11.3 Å². The van der Waals surface area contributed by atoms with E-state index in [1.807, 2.05) is 7.05 Å². The van der Waals surface area contributed by atoms with Crippen molar-refractivity contribution in [2.45, 2.75) is 13.0 Å². The molecule has 0 N–H and O–H groups in total. The van der Waals surface area contributed by atoms with Gasteiger partial charge >= 0.3 is 0 Å². The summed E-state index contributed by atoms with van der Waals surface area (Å²) < 4.78 is 18.9. The van der Waals surface area contributed by atoms with Crippen LogP contribution >= 0.6 is 11.6 Å². The third kappa shape index (κ3) is 5.22. The van der Waals surface area contributed by atoms with Gasteiger partial charge in [0.1, 0.15) is 5.82 Å². The molecule has 0 spiro atoms. The van der Waals surface area contributed by atoms with E-state index in [1.54, 1.807) is 19.2 Å². The summed E-state index contributed by atoms with van der Waals surface area (Å²) in [7, 11) is 3.78. The number of methoxy groups -OCH3 is 1. The molecule has 3 nitrogen and oxygen atoms in total. The average molecular weight is 315 g/mol. The van der Waals surface area contributed by atoms with Crippen LogP contribution < -0.4 is 0 Å². The van der Waals surface area contributed by atoms with E-state index in [1.165, 1.54) is 12.5 Å². The topological polar surface area (TPSA) is 15.7 Å². The van der Waals surface area contributed by atoms with Gasteiger partial charge in [0.15, 0.2) is 0 Å². The summed E-state index contributed by atoms with van der Waals surface area (Å²) in [5.41, 5.74) is 0.666. The molecule has 5 heteroatoms. The predicted octanol–water partition coefficient (Wildman–Crippen LogP) is 2.88. The summed E-state index contributed by atoms with van der Waals surface area (Å²) in [5.74, 6) is 0.466. The van der Waals surface area contributed by atoms with Gasteiger partial charge in [-0.25, -0.2) is 4.39 Å². The van der Waals surface area contributed by atoms with E-state index in [-0.39, 0.29) is 5.82 Å². The Morgan fingerprint density at radius 3 is 3.05 bits per heavy atom. The monoisotopic (exact) mass is 314 g/mol. The van der Waals surface area contributed by atoms with Gasteiger partial charge in [0, 0.05) is 43.9 Å². The first-order chi connectivity index (χ1) is 10.1. The third-order valence-corrected chi connectivity index (χ3v) is 4.23. The molecule has 1 aromatic carbocycles. The Balaban J connectivity index is 1.80. The van der Waals surface area contributed by atoms with Crippen LogP contribution in [0.3, 0.4) is 0 Å². The van der Waals surface area contributed by atoms with Gasteiger partial charge < -0.3 is 14.5 Å². The quantitative estimate of drug-likeness (QED) is 0.769. The zero-order valence-electron chi connectivity index (χ0n) is 12.8. The summed E-state index contributed by atoms with van der Waals surface area (Å²) in [6, 6.07) is 4.74. The first-order valence-corrected chi connectivity index (χ1v) is 7.80. The predicted molar refractivity (Wildman–Crippen MR) is 84.2 cm³/mol. The molecule has 1 heterocycles. The van der Waals surface area contributed by atoms with E-state index in [0.29, 0.717) is 23.0 Å². The lowest BCUT2D eigenvalue weighted by molar-refractivity contribution is 0.157. The first-order valence-electron chi connectivity index (χ1n) is 7.42. The SMILES string of the molecule is COCCN1CCC(CN(C)Cc2cc(Cl)ccc2F)C1. The molecule has 2 rings (SSSR count). The molecule has 1 aliphatic heterocycles. The van der Waals surface area contributed by atoms with E-state index in [0.717, 1.165) is 32.8 Å². The molecule has 0 radical (unpaired) electrons. The number of benzene rings is 1. The van der Waals surface area contributed by atoms with E-state index in [2.05, 4.69) is 9.80 Å². The fourth-order valence-electron chi connectivity index (χ4n) is 2.95. The average Bonchev–Trinajstić information content (AvgIpc) is 2.88. The zero-order valence-corrected chi connectivity index (χ0v) is 13.6. The Bertz CT molecular complexity index is 458. The normalized spacial score (nSPS) is 19.6. The molecule has 0 aliphatic carbocycles. The molecule has 1 unspecified atom stereocenters. The number of hydrogen-bond acceptors (Lipinski definition) is 3. The number of likely N-dealkylation sites (tertiary alicyclic amines) is 1. The van der Waals surface area contributed by atoms with E-state index >= 15 is 0 Å². The molecular weight excluding hydrogens is 291 g/mol. The van der Waals surface area contributed by atoms with Crippen molar-refractivity contribution in [3.63, 3.8) is 0 Å². The molecule has 1 saturated heterocycles. The molecule has 0 bridgehead atoms. The second-order valence-electron chi connectivity index (χ2n) is 5.88. The standard InChI is InChI=1S/C16H24ClFN2O/c1-19(12-14-9-15(17)3-4-16(14)18)10-13-5-6-20(11-13)7-8-21-2/h3-4,9,13H,5-8,10-12H2,1-2H3. The van der Waals surface area contributed by atoms with Crippen LogP contribution in [0.15, 0.2) is 18.2 Å². The second-order valence-corrected chi connectivity index (χ2v) is 6.32. The minimum Gasteiger partial charge on any atom is -0.383 e. The maximum absolute atomic E-state index is 13.7. The number of halogens is 2. The highest BCUT2D eigenvalue weighted by atomic mass is 35.5. The molecule has 118 valence electrons. The molecule has 0 saturated carbocycles. The van der Waals surface area contributed by atoms with Crippen LogP contribution in [-0.4, -0.2) is 56.7 Å². The maximum atomic E-state index is 13.7. The van der Waals surface area contributed by atoms with Gasteiger partial charge in [0.2, 0.25) is 0 Å². The van der Waals surface area contributed by atoms with Crippen molar-refractivity contribution in [1.29, 1.82) is 0 Å². The molecule has 1 fully saturated rings. The van der Waals surface area contributed by atoms with Crippen molar-refractivity contribution >= 4 is 11.6 Å². The molecule has 21 heavy (non-hydrogen) atoms. The molecule has 0 aromatic heterocycles. The van der Waals surface area contributed by atoms with Crippen LogP contribution in [0.4, 0.5) is 4.39 Å². The van der Waals surface area contributed by atoms with Gasteiger partial charge in [-0.2, -0.15) is 0 Å². The molecule has 1 atom stereocenters. The van der Waals surface area contributed by atoms with Crippen LogP contribution in [0, 0.1) is 11.7 Å². The van der Waals surface area contributed by atoms with Gasteiger partial charge in [-0.3, -0.25) is 0 Å². The Hall–Kier alpha value is -0.680. The number of nitrogens with zero attached hydrogens (tertiary/aromatic N) is 2. The lowest BCUT2D eigenvalue weighted by atomic mass is 10.1. The molecule has 1 aromatic rings. The van der Waals surface area contributed by atoms with Crippen LogP contribution in [0.5, 0.6) is 0 Å². The Labute approximate surface area is 131 Å². The minimum absolute atomic E-state index is 0.181. The molecule has 1 aliphatic rings. The van der Waals surface area contributed by atoms with Crippen molar-refractivity contribution in [2.75, 3.05) is 46.9 Å². The lowest BCUT2D eigenvalue weighted by Crippen LogP contribution is -2.29. The largest absolute Gasteiger partial charge is 0.383 e. The van der Waals surface area contributed by atoms with Crippen LogP contribution in [0.1, 0.15) is 12.0 Å². The van der Waals surface area contributed by atoms with E-state index in [4.69, 9.17) is 16.3 Å². The number of rotatable bonds is 7. The molecular formula is C16H24ClFN2O. The van der Waals surface area contributed by atoms with Crippen LogP contribution in [0.25, 0.3) is 0 Å². The fraction of sp³-hybridized carbons (Fsp3) is 0.625. The zero-order chi connectivity index (χ0) is 15.2. The van der Waals surface area contributed by atoms with Gasteiger partial charge in [-0.1, -0.05) is 11.6 Å². The smallest absolute Gasteiger partial charge is 0.127 e. The summed E-state index contributed by atoms with van der Waals surface area (Å²) in [5, 5.41) is 0.589. The van der Waals surface area contributed by atoms with Gasteiger partial charge in [0.05, 0.1) is 6.61 Å². The van der Waals surface area contributed by atoms with Gasteiger partial charge in [0.25, 0.3) is 0 Å². The number of ether oxygens (including phenoxy) is 1. The maximum Gasteiger partial charge on any atom is 0.127 e. The van der Waals surface area contributed by atoms with Crippen molar-refractivity contribution in [3.05, 3.63) is 34.6 Å². The van der Waals surface area contributed by atoms with Gasteiger partial charge in [-0.05, 0) is 44.1 Å². The molecule has 0 amide bonds. The summed E-state index contributed by atoms with van der Waals surface area (Å²) >= 11 is 5.93. The summed E-state index contributed by atoms with van der Waals surface area (Å²) in [6.07, 6.45) is 1.20. The first kappa shape index (κ1) is 16.7. The van der Waals surface area contributed by atoms with Crippen molar-refractivity contribution in [2.24, 2.45) is 5.92 Å². The summed E-state index contributed by atoms with van der Waals surface area (Å²) in [6.45, 7) is 5.60. The van der Waals surface area contributed by atoms with E-state index < -0.39 is 0 Å². The fourth-order valence-corrected chi connectivity index (χ4v) is 3.14. The Morgan fingerprint density at radius 1 is 1.48 bits per heavy atom.